The Balaban J connectivity index is 0.0000480. The van der Waals surface area contributed by atoms with Gasteiger partial charge in [-0.25, -0.2) is 0 Å². The summed E-state index contributed by atoms with van der Waals surface area (Å²) in [7, 11) is -3.61. The fraction of sp³-hybridized carbons (Fsp3) is 0.838. The zero-order valence-electron chi connectivity index (χ0n) is 64.3. The third kappa shape index (κ3) is 62.3. The molecule has 0 aliphatic heterocycles. The molecule has 99 heavy (non-hydrogen) atoms. The summed E-state index contributed by atoms with van der Waals surface area (Å²) in [4.78, 5) is 0. The van der Waals surface area contributed by atoms with Crippen molar-refractivity contribution in [3.05, 3.63) is 59.7 Å². The third-order valence-electron chi connectivity index (χ3n) is 14.8. The Kier molecular flexibility index (Phi) is 62.3. The molecule has 0 aliphatic rings. The summed E-state index contributed by atoms with van der Waals surface area (Å²) in [6.07, 6.45) is 4.20. The molecule has 0 unspecified atom stereocenters. The molecule has 0 saturated carbocycles. The van der Waals surface area contributed by atoms with Crippen LogP contribution in [0.5, 0.6) is 11.5 Å². The van der Waals surface area contributed by atoms with E-state index in [1.807, 2.05) is 24.3 Å². The maximum absolute atomic E-state index is 6.82. The van der Waals surface area contributed by atoms with Crippen LogP contribution < -0.4 is 67.7 Å². The summed E-state index contributed by atoms with van der Waals surface area (Å²) in [6.45, 7) is 52.0. The van der Waals surface area contributed by atoms with Crippen molar-refractivity contribution in [1.29, 1.82) is 0 Å². The summed E-state index contributed by atoms with van der Waals surface area (Å²) in [6, 6.07) is 19.0. The maximum Gasteiger partial charge on any atom is 1.00 e. The van der Waals surface area contributed by atoms with Crippen LogP contribution in [0.1, 0.15) is 106 Å². The van der Waals surface area contributed by atoms with Crippen molar-refractivity contribution in [1.82, 2.24) is 0 Å². The molecule has 576 valence electrons. The number of hydrogen-bond acceptors (Lipinski definition) is 21. The van der Waals surface area contributed by atoms with Gasteiger partial charge in [0.1, 0.15) is 24.7 Å². The largest absolute Gasteiger partial charge is 1.00 e. The second-order valence-electron chi connectivity index (χ2n) is 28.8. The van der Waals surface area contributed by atoms with E-state index < -0.39 is 16.6 Å². The summed E-state index contributed by atoms with van der Waals surface area (Å²) in [5.41, 5.74) is 3.43. The molecule has 0 atom stereocenters. The minimum atomic E-state index is -1.81. The average molecular weight is 1520 g/mol. The Morgan fingerprint density at radius 2 is 0.404 bits per heavy atom. The van der Waals surface area contributed by atoms with Gasteiger partial charge in [-0.15, -0.1) is 0 Å². The predicted octanol–water partition coefficient (Wildman–Crippen LogP) is 7.63. The van der Waals surface area contributed by atoms with E-state index in [1.54, 1.807) is 0 Å². The fourth-order valence-corrected chi connectivity index (χ4v) is 19.9. The van der Waals surface area contributed by atoms with Gasteiger partial charge >= 0.3 is 58.2 Å². The molecule has 0 heterocycles. The molecule has 25 heteroatoms. The topological polar surface area (TPSA) is 194 Å². The SMILES string of the molecule is CC(C)(C)CC(C)(C)c1ccc(OCCOCCOCCOCCOCCOCCOCCOCCOCCOCCC[Si](C)(C)O[Si](C)(C)CCCOCCOCCOCCOCCOCCOCCOCCOCCOCCOc2ccc(C(C)(C)CC(C)(C)C)cc2)cc1.[BH4-].[Rb+]. The molecule has 0 radical (unpaired) electrons. The van der Waals surface area contributed by atoms with Gasteiger partial charge in [0, 0.05) is 13.2 Å². The molecule has 0 aromatic heterocycles. The van der Waals surface area contributed by atoms with Gasteiger partial charge in [-0.1, -0.05) is 102 Å². The average Bonchev–Trinajstić information content (AvgIpc) is 0.842. The fourth-order valence-electron chi connectivity index (χ4n) is 11.1. The van der Waals surface area contributed by atoms with Gasteiger partial charge in [-0.3, -0.25) is 0 Å². The molecule has 0 spiro atoms. The molecule has 0 amide bonds. The molecular weight excluding hydrogens is 1380 g/mol. The summed E-state index contributed by atoms with van der Waals surface area (Å²) in [5, 5.41) is 0. The van der Waals surface area contributed by atoms with E-state index in [-0.39, 0.29) is 88.3 Å². The van der Waals surface area contributed by atoms with Crippen LogP contribution in [0.4, 0.5) is 0 Å². The maximum atomic E-state index is 6.82. The molecule has 0 N–H and O–H groups in total. The van der Waals surface area contributed by atoms with Crippen molar-refractivity contribution in [3.63, 3.8) is 0 Å². The molecule has 0 aliphatic carbocycles. The van der Waals surface area contributed by atoms with Crippen LogP contribution in [-0.4, -0.2) is 276 Å². The summed E-state index contributed by atoms with van der Waals surface area (Å²) < 4.78 is 120. The number of ether oxygens (including phenoxy) is 20. The van der Waals surface area contributed by atoms with E-state index in [4.69, 9.17) is 98.9 Å². The van der Waals surface area contributed by atoms with E-state index in [0.29, 0.717) is 251 Å². The summed E-state index contributed by atoms with van der Waals surface area (Å²) >= 11 is 0. The van der Waals surface area contributed by atoms with Crippen molar-refractivity contribution in [3.8, 4) is 11.5 Å². The Morgan fingerprint density at radius 3 is 0.576 bits per heavy atom. The molecule has 2 aromatic carbocycles. The predicted molar refractivity (Wildman–Crippen MR) is 399 cm³/mol. The smallest absolute Gasteiger partial charge is 0.491 e. The Morgan fingerprint density at radius 1 is 0.242 bits per heavy atom. The van der Waals surface area contributed by atoms with Crippen LogP contribution in [0.2, 0.25) is 38.3 Å². The minimum Gasteiger partial charge on any atom is -0.491 e. The van der Waals surface area contributed by atoms with Gasteiger partial charge in [-0.05, 0) is 121 Å². The number of hydrogen-bond donors (Lipinski definition) is 0. The normalized spacial score (nSPS) is 12.5. The standard InChI is InChI=1S/C74H138O21Si2.BH4.Rb/c1-71(2,3)65-73(7,8)67-17-21-69(22-18-67)93-61-59-91-57-55-89-53-51-87-49-47-85-45-43-83-41-39-81-37-35-79-33-31-77-29-27-75-25-15-63-96(11,12)95-97(13,14)64-16-26-76-28-30-78-32-34-80-36-38-82-40-42-84-44-46-86-48-50-88-52-54-90-56-58-92-60-62-94-70-23-19-68(20-24-70)74(9,10)66-72(4,5)6;;/h17-24H,15-16,25-66H2,1-14H3;1H4;/q;-1;+1. The Bertz CT molecular complexity index is 1930. The van der Waals surface area contributed by atoms with Crippen LogP contribution in [0.3, 0.4) is 0 Å². The van der Waals surface area contributed by atoms with E-state index in [0.717, 1.165) is 49.3 Å². The Hall–Kier alpha value is -0.416. The van der Waals surface area contributed by atoms with E-state index in [2.05, 4.69) is 120 Å². The van der Waals surface area contributed by atoms with Gasteiger partial charge in [0.2, 0.25) is 0 Å². The van der Waals surface area contributed by atoms with Crippen molar-refractivity contribution < 1.29 is 157 Å². The zero-order chi connectivity index (χ0) is 70.9. The van der Waals surface area contributed by atoms with Crippen LogP contribution in [0.15, 0.2) is 48.5 Å². The van der Waals surface area contributed by atoms with Gasteiger partial charge < -0.3 is 98.9 Å². The van der Waals surface area contributed by atoms with Crippen LogP contribution in [-0.2, 0) is 100 Å². The quantitative estimate of drug-likeness (QED) is 0.0463. The van der Waals surface area contributed by atoms with Gasteiger partial charge in [0.25, 0.3) is 0 Å². The van der Waals surface area contributed by atoms with Crippen LogP contribution in [0.25, 0.3) is 0 Å². The monoisotopic (exact) mass is 1520 g/mol. The van der Waals surface area contributed by atoms with E-state index >= 15 is 0 Å². The van der Waals surface area contributed by atoms with Crippen molar-refractivity contribution in [2.24, 2.45) is 10.8 Å². The first-order chi connectivity index (χ1) is 46.5. The zero-order valence-corrected chi connectivity index (χ0v) is 71.2. The van der Waals surface area contributed by atoms with Crippen molar-refractivity contribution in [2.45, 2.75) is 144 Å². The molecule has 0 bridgehead atoms. The van der Waals surface area contributed by atoms with Crippen molar-refractivity contribution >= 4 is 25.0 Å². The number of rotatable bonds is 70. The first-order valence-corrected chi connectivity index (χ1v) is 42.3. The van der Waals surface area contributed by atoms with Gasteiger partial charge in [-0.2, -0.15) is 0 Å². The molecule has 2 rings (SSSR count). The second kappa shape index (κ2) is 62.6. The van der Waals surface area contributed by atoms with Crippen molar-refractivity contribution in [2.75, 3.05) is 251 Å². The van der Waals surface area contributed by atoms with Gasteiger partial charge in [0.15, 0.2) is 16.6 Å². The Labute approximate surface area is 653 Å². The third-order valence-corrected chi connectivity index (χ3v) is 22.4. The molecule has 2 aromatic rings. The van der Waals surface area contributed by atoms with Crippen LogP contribution in [0, 0.1) is 10.8 Å². The number of benzene rings is 2. The molecule has 21 nitrogen and oxygen atoms in total. The molecular formula is C74H142BO21RbSi2. The molecule has 0 fully saturated rings. The van der Waals surface area contributed by atoms with Crippen LogP contribution >= 0.6 is 0 Å². The second-order valence-corrected chi connectivity index (χ2v) is 37.7. The van der Waals surface area contributed by atoms with E-state index in [1.165, 1.54) is 11.1 Å². The first kappa shape index (κ1) is 98.6. The first-order valence-electron chi connectivity index (χ1n) is 36.1. The van der Waals surface area contributed by atoms with Gasteiger partial charge in [0.05, 0.1) is 225 Å². The molecule has 0 saturated heterocycles. The summed E-state index contributed by atoms with van der Waals surface area (Å²) in [5.74, 6) is 1.72. The van der Waals surface area contributed by atoms with E-state index in [9.17, 15) is 0 Å². The minimum absolute atomic E-state index is 0.